The number of nitrogens with zero attached hydrogens (tertiary/aromatic N) is 3. The average Bonchev–Trinajstić information content (AvgIpc) is 2.85. The van der Waals surface area contributed by atoms with Crippen molar-refractivity contribution >= 4 is 11.6 Å². The maximum absolute atomic E-state index is 13.9. The van der Waals surface area contributed by atoms with E-state index in [-0.39, 0.29) is 17.4 Å². The molecule has 1 aromatic heterocycles. The first kappa shape index (κ1) is 24.3. The normalized spacial score (nSPS) is 15.9. The maximum atomic E-state index is 13.9. The van der Waals surface area contributed by atoms with Crippen LogP contribution in [0.3, 0.4) is 0 Å². The van der Waals surface area contributed by atoms with Crippen molar-refractivity contribution in [3.63, 3.8) is 0 Å². The van der Waals surface area contributed by atoms with E-state index in [9.17, 15) is 9.90 Å². The van der Waals surface area contributed by atoms with Crippen LogP contribution in [0.2, 0.25) is 5.02 Å². The summed E-state index contributed by atoms with van der Waals surface area (Å²) < 4.78 is 6.99. The zero-order valence-electron chi connectivity index (χ0n) is 20.0. The van der Waals surface area contributed by atoms with Gasteiger partial charge in [0.2, 0.25) is 0 Å². The van der Waals surface area contributed by atoms with E-state index in [2.05, 4.69) is 16.7 Å². The van der Waals surface area contributed by atoms with Crippen molar-refractivity contribution < 1.29 is 9.84 Å². The van der Waals surface area contributed by atoms with Crippen molar-refractivity contribution in [3.8, 4) is 11.5 Å². The van der Waals surface area contributed by atoms with E-state index in [1.165, 1.54) is 0 Å². The molecular formula is C27H32ClN3O3. The summed E-state index contributed by atoms with van der Waals surface area (Å²) in [5.74, 6) is 0.794. The van der Waals surface area contributed by atoms with Gasteiger partial charge in [0.05, 0.1) is 25.3 Å². The highest BCUT2D eigenvalue weighted by molar-refractivity contribution is 6.30. The standard InChI is InChI=1S/C27H32ClN3O3/c1-4-29-12-14-30(15-13-29)26(21-6-5-7-22(28)17-21)25-24(32)16-19(2)31(27(25)33)18-20-8-10-23(34-3)11-9-20/h5-11,16-17,26,32H,4,12-15,18H2,1-3H3/t26-/m1/s1. The summed E-state index contributed by atoms with van der Waals surface area (Å²) >= 11 is 6.35. The summed E-state index contributed by atoms with van der Waals surface area (Å²) in [6.45, 7) is 8.86. The molecule has 0 bridgehead atoms. The summed E-state index contributed by atoms with van der Waals surface area (Å²) in [5, 5.41) is 11.7. The summed E-state index contributed by atoms with van der Waals surface area (Å²) in [7, 11) is 1.63. The molecule has 6 nitrogen and oxygen atoms in total. The molecule has 1 N–H and O–H groups in total. The Morgan fingerprint density at radius 2 is 1.76 bits per heavy atom. The van der Waals surface area contributed by atoms with E-state index in [0.717, 1.165) is 49.6 Å². The number of rotatable bonds is 7. The molecule has 1 aliphatic rings. The number of piperazine rings is 1. The monoisotopic (exact) mass is 481 g/mol. The lowest BCUT2D eigenvalue weighted by molar-refractivity contribution is 0.111. The zero-order chi connectivity index (χ0) is 24.2. The summed E-state index contributed by atoms with van der Waals surface area (Å²) in [6.07, 6.45) is 0. The highest BCUT2D eigenvalue weighted by Gasteiger charge is 2.31. The first-order valence-corrected chi connectivity index (χ1v) is 12.1. The summed E-state index contributed by atoms with van der Waals surface area (Å²) in [4.78, 5) is 18.6. The van der Waals surface area contributed by atoms with Crippen LogP contribution in [-0.4, -0.2) is 59.3 Å². The molecule has 1 saturated heterocycles. The Kier molecular flexibility index (Phi) is 7.61. The summed E-state index contributed by atoms with van der Waals surface area (Å²) in [6, 6.07) is 16.6. The Morgan fingerprint density at radius 1 is 1.06 bits per heavy atom. The molecular weight excluding hydrogens is 450 g/mol. The van der Waals surface area contributed by atoms with Gasteiger partial charge in [-0.05, 0) is 54.9 Å². The third kappa shape index (κ3) is 5.14. The van der Waals surface area contributed by atoms with Crippen LogP contribution in [0.15, 0.2) is 59.4 Å². The molecule has 1 atom stereocenters. The van der Waals surface area contributed by atoms with Gasteiger partial charge in [0.1, 0.15) is 11.5 Å². The molecule has 7 heteroatoms. The third-order valence-electron chi connectivity index (χ3n) is 6.68. The second kappa shape index (κ2) is 10.6. The lowest BCUT2D eigenvalue weighted by atomic mass is 9.96. The van der Waals surface area contributed by atoms with Crippen LogP contribution in [0, 0.1) is 6.92 Å². The number of aromatic nitrogens is 1. The van der Waals surface area contributed by atoms with Crippen LogP contribution < -0.4 is 10.3 Å². The lowest BCUT2D eigenvalue weighted by Crippen LogP contribution is -2.48. The van der Waals surface area contributed by atoms with Crippen LogP contribution in [0.5, 0.6) is 11.5 Å². The van der Waals surface area contributed by atoms with Crippen LogP contribution >= 0.6 is 11.6 Å². The number of aromatic hydroxyl groups is 1. The van der Waals surface area contributed by atoms with Gasteiger partial charge in [-0.1, -0.05) is 42.8 Å². The predicted octanol–water partition coefficient (Wildman–Crippen LogP) is 4.30. The number of halogens is 1. The minimum absolute atomic E-state index is 0.0244. The molecule has 180 valence electrons. The number of likely N-dealkylation sites (N-methyl/N-ethyl adjacent to an activating group) is 1. The van der Waals surface area contributed by atoms with Crippen LogP contribution in [-0.2, 0) is 6.54 Å². The van der Waals surface area contributed by atoms with Crippen molar-refractivity contribution in [1.29, 1.82) is 0 Å². The number of methoxy groups -OCH3 is 1. The first-order chi connectivity index (χ1) is 16.4. The molecule has 0 unspecified atom stereocenters. The Labute approximate surface area is 206 Å². The molecule has 0 aliphatic carbocycles. The maximum Gasteiger partial charge on any atom is 0.259 e. The molecule has 0 radical (unpaired) electrons. The quantitative estimate of drug-likeness (QED) is 0.545. The van der Waals surface area contributed by atoms with E-state index in [1.807, 2.05) is 55.5 Å². The summed E-state index contributed by atoms with van der Waals surface area (Å²) in [5.41, 5.74) is 2.81. The molecule has 0 amide bonds. The van der Waals surface area contributed by atoms with Gasteiger partial charge in [0.25, 0.3) is 5.56 Å². The van der Waals surface area contributed by atoms with E-state index < -0.39 is 0 Å². The lowest BCUT2D eigenvalue weighted by Gasteiger charge is -2.39. The van der Waals surface area contributed by atoms with Crippen molar-refractivity contribution in [3.05, 3.63) is 92.4 Å². The van der Waals surface area contributed by atoms with Gasteiger partial charge in [-0.25, -0.2) is 0 Å². The molecule has 1 aliphatic heterocycles. The Morgan fingerprint density at radius 3 is 2.38 bits per heavy atom. The largest absolute Gasteiger partial charge is 0.507 e. The van der Waals surface area contributed by atoms with Crippen LogP contribution in [0.4, 0.5) is 0 Å². The van der Waals surface area contributed by atoms with Crippen molar-refractivity contribution in [2.75, 3.05) is 39.8 Å². The first-order valence-electron chi connectivity index (χ1n) is 11.7. The zero-order valence-corrected chi connectivity index (χ0v) is 20.8. The molecule has 2 heterocycles. The molecule has 2 aromatic carbocycles. The minimum atomic E-state index is -0.382. The number of pyridine rings is 1. The molecule has 3 aromatic rings. The topological polar surface area (TPSA) is 57.9 Å². The van der Waals surface area contributed by atoms with Gasteiger partial charge < -0.3 is 19.3 Å². The predicted molar refractivity (Wildman–Crippen MR) is 136 cm³/mol. The molecule has 0 saturated carbocycles. The SMILES string of the molecule is CCN1CCN([C@H](c2cccc(Cl)c2)c2c(O)cc(C)n(Cc3ccc(OC)cc3)c2=O)CC1. The van der Waals surface area contributed by atoms with Crippen molar-refractivity contribution in [2.24, 2.45) is 0 Å². The highest BCUT2D eigenvalue weighted by Crippen LogP contribution is 2.34. The van der Waals surface area contributed by atoms with Gasteiger partial charge in [0.15, 0.2) is 0 Å². The Balaban J connectivity index is 1.79. The Hall–Kier alpha value is -2.80. The van der Waals surface area contributed by atoms with Crippen LogP contribution in [0.1, 0.15) is 35.3 Å². The van der Waals surface area contributed by atoms with E-state index in [4.69, 9.17) is 16.3 Å². The van der Waals surface area contributed by atoms with E-state index >= 15 is 0 Å². The fourth-order valence-electron chi connectivity index (χ4n) is 4.71. The van der Waals surface area contributed by atoms with Crippen molar-refractivity contribution in [2.45, 2.75) is 26.4 Å². The second-order valence-corrected chi connectivity index (χ2v) is 9.19. The molecule has 34 heavy (non-hydrogen) atoms. The Bertz CT molecular complexity index is 1180. The van der Waals surface area contributed by atoms with Crippen molar-refractivity contribution in [1.82, 2.24) is 14.4 Å². The van der Waals surface area contributed by atoms with Gasteiger partial charge in [0, 0.05) is 36.9 Å². The van der Waals surface area contributed by atoms with Gasteiger partial charge in [-0.15, -0.1) is 0 Å². The number of hydrogen-bond acceptors (Lipinski definition) is 5. The minimum Gasteiger partial charge on any atom is -0.507 e. The smallest absolute Gasteiger partial charge is 0.259 e. The average molecular weight is 482 g/mol. The fourth-order valence-corrected chi connectivity index (χ4v) is 4.91. The number of ether oxygens (including phenoxy) is 1. The van der Waals surface area contributed by atoms with Gasteiger partial charge >= 0.3 is 0 Å². The van der Waals surface area contributed by atoms with E-state index in [0.29, 0.717) is 22.8 Å². The molecule has 1 fully saturated rings. The van der Waals surface area contributed by atoms with Crippen LogP contribution in [0.25, 0.3) is 0 Å². The number of aryl methyl sites for hydroxylation is 1. The molecule has 4 rings (SSSR count). The highest BCUT2D eigenvalue weighted by atomic mass is 35.5. The number of benzene rings is 2. The van der Waals surface area contributed by atoms with E-state index in [1.54, 1.807) is 17.7 Å². The number of hydrogen-bond donors (Lipinski definition) is 1. The second-order valence-electron chi connectivity index (χ2n) is 8.75. The van der Waals surface area contributed by atoms with Gasteiger partial charge in [-0.3, -0.25) is 9.69 Å². The fraction of sp³-hybridized carbons (Fsp3) is 0.370. The van der Waals surface area contributed by atoms with Gasteiger partial charge in [-0.2, -0.15) is 0 Å². The molecule has 0 spiro atoms. The third-order valence-corrected chi connectivity index (χ3v) is 6.91.